The highest BCUT2D eigenvalue weighted by molar-refractivity contribution is 7.53. The molecule has 1 aromatic carbocycles. The number of carboxylic acid groups (broad SMARTS) is 1. The van der Waals surface area contributed by atoms with Crippen LogP contribution in [-0.4, -0.2) is 23.8 Å². The molecule has 106 valence electrons. The summed E-state index contributed by atoms with van der Waals surface area (Å²) in [4.78, 5) is 11.0. The standard InChI is InChI=1S/C13H19O5P/c1-10(2)12(13(14)15)18-19(3,16)17-9-11-7-5-4-6-8-11/h4-8,10,12H,9H2,1-3H3,(H,14,15)/t12-,19?/m0/s1. The highest BCUT2D eigenvalue weighted by atomic mass is 31.2. The molecule has 1 aromatic rings. The SMILES string of the molecule is CC(C)[C@H](OP(C)(=O)OCc1ccccc1)C(=O)O. The fourth-order valence-electron chi connectivity index (χ4n) is 1.45. The highest BCUT2D eigenvalue weighted by Gasteiger charge is 2.30. The minimum atomic E-state index is -3.40. The molecule has 2 atom stereocenters. The Balaban J connectivity index is 2.61. The van der Waals surface area contributed by atoms with Gasteiger partial charge in [-0.05, 0) is 11.5 Å². The van der Waals surface area contributed by atoms with Crippen LogP contribution in [-0.2, 0) is 25.0 Å². The minimum absolute atomic E-state index is 0.124. The second-order valence-corrected chi connectivity index (χ2v) is 6.65. The van der Waals surface area contributed by atoms with E-state index in [4.69, 9.17) is 14.2 Å². The van der Waals surface area contributed by atoms with Crippen molar-refractivity contribution in [3.05, 3.63) is 35.9 Å². The third kappa shape index (κ3) is 5.55. The number of hydrogen-bond donors (Lipinski definition) is 1. The van der Waals surface area contributed by atoms with Crippen LogP contribution in [0, 0.1) is 5.92 Å². The molecule has 0 aromatic heterocycles. The van der Waals surface area contributed by atoms with Crippen molar-refractivity contribution >= 4 is 13.6 Å². The fraction of sp³-hybridized carbons (Fsp3) is 0.462. The maximum absolute atomic E-state index is 12.1. The van der Waals surface area contributed by atoms with Gasteiger partial charge < -0.3 is 9.63 Å². The van der Waals surface area contributed by atoms with E-state index in [-0.39, 0.29) is 12.5 Å². The van der Waals surface area contributed by atoms with E-state index in [9.17, 15) is 9.36 Å². The molecule has 0 amide bonds. The van der Waals surface area contributed by atoms with Crippen molar-refractivity contribution in [2.75, 3.05) is 6.66 Å². The lowest BCUT2D eigenvalue weighted by molar-refractivity contribution is -0.147. The molecular weight excluding hydrogens is 267 g/mol. The van der Waals surface area contributed by atoms with Crippen LogP contribution in [0.2, 0.25) is 0 Å². The van der Waals surface area contributed by atoms with Gasteiger partial charge in [0.2, 0.25) is 0 Å². The number of aliphatic carboxylic acids is 1. The predicted octanol–water partition coefficient (Wildman–Crippen LogP) is 3.15. The van der Waals surface area contributed by atoms with Gasteiger partial charge in [-0.15, -0.1) is 0 Å². The van der Waals surface area contributed by atoms with Gasteiger partial charge in [0.1, 0.15) is 0 Å². The van der Waals surface area contributed by atoms with Gasteiger partial charge in [0.05, 0.1) is 6.61 Å². The Kier molecular flexibility index (Phi) is 5.73. The van der Waals surface area contributed by atoms with Crippen LogP contribution in [0.25, 0.3) is 0 Å². The lowest BCUT2D eigenvalue weighted by Gasteiger charge is -2.21. The van der Waals surface area contributed by atoms with Crippen molar-refractivity contribution in [2.24, 2.45) is 5.92 Å². The Hall–Kier alpha value is -1.16. The van der Waals surface area contributed by atoms with Crippen LogP contribution < -0.4 is 0 Å². The molecule has 0 saturated carbocycles. The summed E-state index contributed by atoms with van der Waals surface area (Å²) in [6, 6.07) is 9.21. The average molecular weight is 286 g/mol. The molecule has 0 saturated heterocycles. The number of hydrogen-bond acceptors (Lipinski definition) is 4. The lowest BCUT2D eigenvalue weighted by Crippen LogP contribution is -2.28. The van der Waals surface area contributed by atoms with Crippen molar-refractivity contribution in [1.82, 2.24) is 0 Å². The van der Waals surface area contributed by atoms with Crippen LogP contribution >= 0.6 is 7.60 Å². The molecule has 0 spiro atoms. The molecule has 0 aliphatic carbocycles. The first-order chi connectivity index (χ1) is 8.82. The molecule has 0 bridgehead atoms. The Bertz CT molecular complexity index is 457. The van der Waals surface area contributed by atoms with Crippen molar-refractivity contribution in [1.29, 1.82) is 0 Å². The first kappa shape index (κ1) is 15.9. The molecule has 19 heavy (non-hydrogen) atoms. The smallest absolute Gasteiger partial charge is 0.333 e. The molecule has 0 fully saturated rings. The van der Waals surface area contributed by atoms with Crippen molar-refractivity contribution < 1.29 is 23.5 Å². The summed E-state index contributed by atoms with van der Waals surface area (Å²) < 4.78 is 22.4. The largest absolute Gasteiger partial charge is 0.479 e. The summed E-state index contributed by atoms with van der Waals surface area (Å²) in [7, 11) is -3.40. The van der Waals surface area contributed by atoms with Gasteiger partial charge >= 0.3 is 13.6 Å². The van der Waals surface area contributed by atoms with Gasteiger partial charge in [0.15, 0.2) is 6.10 Å². The summed E-state index contributed by atoms with van der Waals surface area (Å²) in [6.45, 7) is 4.79. The number of carbonyl (C=O) groups is 1. The van der Waals surface area contributed by atoms with Crippen LogP contribution in [0.3, 0.4) is 0 Å². The van der Waals surface area contributed by atoms with Gasteiger partial charge in [-0.25, -0.2) is 4.79 Å². The summed E-state index contributed by atoms with van der Waals surface area (Å²) in [5, 5.41) is 8.99. The van der Waals surface area contributed by atoms with E-state index in [0.29, 0.717) is 0 Å². The Morgan fingerprint density at radius 1 is 1.32 bits per heavy atom. The minimum Gasteiger partial charge on any atom is -0.479 e. The van der Waals surface area contributed by atoms with Gasteiger partial charge in [-0.1, -0.05) is 44.2 Å². The zero-order valence-corrected chi connectivity index (χ0v) is 12.2. The normalized spacial score (nSPS) is 16.0. The van der Waals surface area contributed by atoms with Crippen molar-refractivity contribution in [3.8, 4) is 0 Å². The van der Waals surface area contributed by atoms with E-state index in [2.05, 4.69) is 0 Å². The van der Waals surface area contributed by atoms with E-state index < -0.39 is 19.7 Å². The molecule has 1 rings (SSSR count). The Labute approximate surface area is 113 Å². The average Bonchev–Trinajstić information content (AvgIpc) is 2.34. The third-order valence-electron chi connectivity index (χ3n) is 2.46. The number of carboxylic acids is 1. The predicted molar refractivity (Wildman–Crippen MR) is 72.1 cm³/mol. The van der Waals surface area contributed by atoms with E-state index in [1.54, 1.807) is 13.8 Å². The molecule has 0 aliphatic rings. The summed E-state index contributed by atoms with van der Waals surface area (Å²) in [5.74, 6) is -1.42. The van der Waals surface area contributed by atoms with Gasteiger partial charge in [0.25, 0.3) is 0 Å². The zero-order valence-electron chi connectivity index (χ0n) is 11.3. The molecule has 1 unspecified atom stereocenters. The number of rotatable bonds is 7. The molecule has 0 heterocycles. The molecule has 5 nitrogen and oxygen atoms in total. The summed E-state index contributed by atoms with van der Waals surface area (Å²) >= 11 is 0. The lowest BCUT2D eigenvalue weighted by atomic mass is 10.1. The molecule has 1 N–H and O–H groups in total. The Morgan fingerprint density at radius 3 is 2.37 bits per heavy atom. The van der Waals surface area contributed by atoms with E-state index in [1.165, 1.54) is 6.66 Å². The third-order valence-corrected chi connectivity index (χ3v) is 3.67. The van der Waals surface area contributed by atoms with Gasteiger partial charge in [-0.2, -0.15) is 0 Å². The fourth-order valence-corrected chi connectivity index (χ4v) is 2.65. The van der Waals surface area contributed by atoms with Crippen molar-refractivity contribution in [2.45, 2.75) is 26.6 Å². The summed E-state index contributed by atoms with van der Waals surface area (Å²) in [5.41, 5.74) is 0.851. The zero-order chi connectivity index (χ0) is 14.5. The molecule has 0 aliphatic heterocycles. The molecule has 0 radical (unpaired) electrons. The second-order valence-electron chi connectivity index (χ2n) is 4.64. The molecular formula is C13H19O5P. The van der Waals surface area contributed by atoms with Crippen molar-refractivity contribution in [3.63, 3.8) is 0 Å². The monoisotopic (exact) mass is 286 g/mol. The van der Waals surface area contributed by atoms with Gasteiger partial charge in [0, 0.05) is 6.66 Å². The quantitative estimate of drug-likeness (QED) is 0.779. The van der Waals surface area contributed by atoms with Crippen LogP contribution in [0.4, 0.5) is 0 Å². The maximum atomic E-state index is 12.1. The summed E-state index contributed by atoms with van der Waals surface area (Å²) in [6.07, 6.45) is -1.13. The number of benzene rings is 1. The van der Waals surface area contributed by atoms with Crippen LogP contribution in [0.5, 0.6) is 0 Å². The van der Waals surface area contributed by atoms with E-state index in [0.717, 1.165) is 5.56 Å². The van der Waals surface area contributed by atoms with Gasteiger partial charge in [-0.3, -0.25) is 9.09 Å². The maximum Gasteiger partial charge on any atom is 0.333 e. The van der Waals surface area contributed by atoms with Crippen LogP contribution in [0.15, 0.2) is 30.3 Å². The molecule has 6 heteroatoms. The first-order valence-electron chi connectivity index (χ1n) is 5.99. The highest BCUT2D eigenvalue weighted by Crippen LogP contribution is 2.46. The Morgan fingerprint density at radius 2 is 1.89 bits per heavy atom. The van der Waals surface area contributed by atoms with E-state index in [1.807, 2.05) is 30.3 Å². The van der Waals surface area contributed by atoms with E-state index >= 15 is 0 Å². The first-order valence-corrected chi connectivity index (χ1v) is 7.98. The second kappa shape index (κ2) is 6.85. The van der Waals surface area contributed by atoms with Crippen LogP contribution in [0.1, 0.15) is 19.4 Å². The topological polar surface area (TPSA) is 72.8 Å².